The summed E-state index contributed by atoms with van der Waals surface area (Å²) < 4.78 is 0. The van der Waals surface area contributed by atoms with E-state index in [4.69, 9.17) is 0 Å². The molecule has 0 saturated carbocycles. The van der Waals surface area contributed by atoms with Crippen LogP contribution in [0.3, 0.4) is 0 Å². The predicted octanol–water partition coefficient (Wildman–Crippen LogP) is 1.65. The van der Waals surface area contributed by atoms with Gasteiger partial charge in [0.1, 0.15) is 0 Å². The molecule has 0 aromatic rings. The standard InChI is InChI=1S/C13H22N2OS/c1-14-12-10-17-9-8-15(13(12)16)11-6-4-2-3-5-7-11/h2,4,11-12,14H,3,5-10H2,1H3. The summed E-state index contributed by atoms with van der Waals surface area (Å²) in [7, 11) is 1.89. The van der Waals surface area contributed by atoms with Crippen molar-refractivity contribution >= 4 is 17.7 Å². The van der Waals surface area contributed by atoms with Crippen LogP contribution in [-0.2, 0) is 4.79 Å². The molecule has 2 aliphatic rings. The minimum atomic E-state index is 0.00901. The fraction of sp³-hybridized carbons (Fsp3) is 0.769. The number of rotatable bonds is 2. The summed E-state index contributed by atoms with van der Waals surface area (Å²) in [5, 5.41) is 3.15. The highest BCUT2D eigenvalue weighted by molar-refractivity contribution is 7.99. The Balaban J connectivity index is 2.05. The van der Waals surface area contributed by atoms with E-state index in [1.54, 1.807) is 0 Å². The Labute approximate surface area is 108 Å². The van der Waals surface area contributed by atoms with Crippen LogP contribution in [0.5, 0.6) is 0 Å². The van der Waals surface area contributed by atoms with Crippen molar-refractivity contribution in [1.29, 1.82) is 0 Å². The molecule has 1 aliphatic carbocycles. The van der Waals surface area contributed by atoms with Gasteiger partial charge in [0.2, 0.25) is 5.91 Å². The maximum atomic E-state index is 12.4. The lowest BCUT2D eigenvalue weighted by atomic mass is 10.1. The number of amides is 1. The molecule has 1 heterocycles. The van der Waals surface area contributed by atoms with Crippen LogP contribution in [0, 0.1) is 0 Å². The van der Waals surface area contributed by atoms with E-state index in [1.165, 1.54) is 12.8 Å². The van der Waals surface area contributed by atoms with Gasteiger partial charge in [-0.15, -0.1) is 0 Å². The van der Waals surface area contributed by atoms with Gasteiger partial charge in [0.15, 0.2) is 0 Å². The third-order valence-corrected chi connectivity index (χ3v) is 4.65. The summed E-state index contributed by atoms with van der Waals surface area (Å²) in [6.45, 7) is 0.917. The van der Waals surface area contributed by atoms with Gasteiger partial charge in [0.25, 0.3) is 0 Å². The number of carbonyl (C=O) groups excluding carboxylic acids is 1. The molecule has 2 rings (SSSR count). The van der Waals surface area contributed by atoms with Crippen molar-refractivity contribution in [2.24, 2.45) is 0 Å². The van der Waals surface area contributed by atoms with Gasteiger partial charge in [-0.25, -0.2) is 0 Å². The van der Waals surface area contributed by atoms with Crippen LogP contribution in [0.4, 0.5) is 0 Å². The second-order valence-corrected chi connectivity index (χ2v) is 5.89. The smallest absolute Gasteiger partial charge is 0.240 e. The summed E-state index contributed by atoms with van der Waals surface area (Å²) in [6.07, 6.45) is 9.07. The molecule has 3 nitrogen and oxygen atoms in total. The van der Waals surface area contributed by atoms with Crippen molar-refractivity contribution in [1.82, 2.24) is 10.2 Å². The lowest BCUT2D eigenvalue weighted by Crippen LogP contribution is -2.49. The number of allylic oxidation sites excluding steroid dienone is 1. The molecule has 17 heavy (non-hydrogen) atoms. The van der Waals surface area contributed by atoms with Crippen molar-refractivity contribution < 1.29 is 4.79 Å². The van der Waals surface area contributed by atoms with Crippen molar-refractivity contribution in [3.8, 4) is 0 Å². The Hall–Kier alpha value is -0.480. The number of hydrogen-bond donors (Lipinski definition) is 1. The molecule has 0 bridgehead atoms. The minimum absolute atomic E-state index is 0.00901. The summed E-state index contributed by atoms with van der Waals surface area (Å²) in [6, 6.07) is 0.436. The number of hydrogen-bond acceptors (Lipinski definition) is 3. The Morgan fingerprint density at radius 1 is 1.47 bits per heavy atom. The summed E-state index contributed by atoms with van der Waals surface area (Å²) >= 11 is 1.88. The molecule has 0 aromatic heterocycles. The highest BCUT2D eigenvalue weighted by atomic mass is 32.2. The number of thioether (sulfide) groups is 1. The first-order chi connectivity index (χ1) is 8.33. The van der Waals surface area contributed by atoms with Crippen LogP contribution in [0.15, 0.2) is 12.2 Å². The van der Waals surface area contributed by atoms with Gasteiger partial charge in [-0.05, 0) is 32.7 Å². The molecule has 1 amide bonds. The van der Waals surface area contributed by atoms with Crippen LogP contribution in [-0.4, -0.2) is 48.0 Å². The Morgan fingerprint density at radius 2 is 2.35 bits per heavy atom. The average molecular weight is 254 g/mol. The van der Waals surface area contributed by atoms with Crippen molar-refractivity contribution in [3.05, 3.63) is 12.2 Å². The van der Waals surface area contributed by atoms with Gasteiger partial charge in [-0.2, -0.15) is 11.8 Å². The van der Waals surface area contributed by atoms with E-state index < -0.39 is 0 Å². The lowest BCUT2D eigenvalue weighted by Gasteiger charge is -2.31. The Morgan fingerprint density at radius 3 is 3.18 bits per heavy atom. The monoisotopic (exact) mass is 254 g/mol. The fourth-order valence-corrected chi connectivity index (χ4v) is 3.60. The van der Waals surface area contributed by atoms with Crippen LogP contribution >= 0.6 is 11.8 Å². The van der Waals surface area contributed by atoms with Crippen LogP contribution in [0.25, 0.3) is 0 Å². The molecule has 1 aliphatic heterocycles. The Bertz CT molecular complexity index is 293. The SMILES string of the molecule is CNC1CSCCN(C2CC=CCCC2)C1=O. The number of nitrogens with zero attached hydrogens (tertiary/aromatic N) is 1. The lowest BCUT2D eigenvalue weighted by molar-refractivity contribution is -0.134. The molecule has 0 aromatic carbocycles. The topological polar surface area (TPSA) is 32.3 Å². The summed E-state index contributed by atoms with van der Waals surface area (Å²) in [4.78, 5) is 14.5. The van der Waals surface area contributed by atoms with Crippen LogP contribution in [0.2, 0.25) is 0 Å². The molecule has 2 atom stereocenters. The molecule has 4 heteroatoms. The average Bonchev–Trinajstić information content (AvgIpc) is 2.69. The molecular formula is C13H22N2OS. The second-order valence-electron chi connectivity index (χ2n) is 4.74. The Kier molecular flexibility index (Phi) is 4.92. The highest BCUT2D eigenvalue weighted by Crippen LogP contribution is 2.21. The number of nitrogens with one attached hydrogen (secondary N) is 1. The molecule has 2 unspecified atom stereocenters. The normalized spacial score (nSPS) is 31.1. The van der Waals surface area contributed by atoms with E-state index in [0.29, 0.717) is 11.9 Å². The van der Waals surface area contributed by atoms with Crippen molar-refractivity contribution in [3.63, 3.8) is 0 Å². The summed E-state index contributed by atoms with van der Waals surface area (Å²) in [5.74, 6) is 2.29. The van der Waals surface area contributed by atoms with Gasteiger partial charge in [0, 0.05) is 24.1 Å². The zero-order chi connectivity index (χ0) is 12.1. The first kappa shape index (κ1) is 13.0. The summed E-state index contributed by atoms with van der Waals surface area (Å²) in [5.41, 5.74) is 0. The quantitative estimate of drug-likeness (QED) is 0.761. The first-order valence-corrected chi connectivity index (χ1v) is 7.69. The zero-order valence-electron chi connectivity index (χ0n) is 10.5. The maximum Gasteiger partial charge on any atom is 0.240 e. The molecule has 0 radical (unpaired) electrons. The van der Waals surface area contributed by atoms with E-state index >= 15 is 0 Å². The predicted molar refractivity (Wildman–Crippen MR) is 73.3 cm³/mol. The minimum Gasteiger partial charge on any atom is -0.337 e. The highest BCUT2D eigenvalue weighted by Gasteiger charge is 2.30. The van der Waals surface area contributed by atoms with Crippen molar-refractivity contribution in [2.45, 2.75) is 37.8 Å². The molecule has 1 N–H and O–H groups in total. The van der Waals surface area contributed by atoms with Gasteiger partial charge in [-0.3, -0.25) is 4.79 Å². The molecule has 1 fully saturated rings. The van der Waals surface area contributed by atoms with Crippen LogP contribution in [0.1, 0.15) is 25.7 Å². The maximum absolute atomic E-state index is 12.4. The van der Waals surface area contributed by atoms with Gasteiger partial charge < -0.3 is 10.2 Å². The van der Waals surface area contributed by atoms with Crippen LogP contribution < -0.4 is 5.32 Å². The third-order valence-electron chi connectivity index (χ3n) is 3.61. The van der Waals surface area contributed by atoms with Gasteiger partial charge in [-0.1, -0.05) is 12.2 Å². The van der Waals surface area contributed by atoms with E-state index in [-0.39, 0.29) is 6.04 Å². The molecule has 0 spiro atoms. The molecule has 1 saturated heterocycles. The zero-order valence-corrected chi connectivity index (χ0v) is 11.3. The van der Waals surface area contributed by atoms with E-state index in [9.17, 15) is 4.79 Å². The largest absolute Gasteiger partial charge is 0.337 e. The number of likely N-dealkylation sites (N-methyl/N-ethyl adjacent to an activating group) is 1. The van der Waals surface area contributed by atoms with Gasteiger partial charge >= 0.3 is 0 Å². The number of carbonyl (C=O) groups is 1. The third kappa shape index (κ3) is 3.26. The first-order valence-electron chi connectivity index (χ1n) is 6.53. The van der Waals surface area contributed by atoms with Gasteiger partial charge in [0.05, 0.1) is 6.04 Å². The van der Waals surface area contributed by atoms with E-state index in [2.05, 4.69) is 22.4 Å². The van der Waals surface area contributed by atoms with E-state index in [1.807, 2.05) is 18.8 Å². The second kappa shape index (κ2) is 6.45. The fourth-order valence-electron chi connectivity index (χ4n) is 2.56. The van der Waals surface area contributed by atoms with Crippen molar-refractivity contribution in [2.75, 3.05) is 25.1 Å². The molecule has 96 valence electrons. The van der Waals surface area contributed by atoms with E-state index in [0.717, 1.165) is 30.9 Å². The molecular weight excluding hydrogens is 232 g/mol.